The van der Waals surface area contributed by atoms with E-state index in [1.54, 1.807) is 0 Å². The molecule has 0 fully saturated rings. The molecule has 0 saturated carbocycles. The number of hydrogen-bond acceptors (Lipinski definition) is 6. The van der Waals surface area contributed by atoms with Crippen molar-refractivity contribution in [3.8, 4) is 0 Å². The van der Waals surface area contributed by atoms with Gasteiger partial charge in [-0.3, -0.25) is 0 Å². The zero-order valence-electron chi connectivity index (χ0n) is 19.9. The number of nitrogens with one attached hydrogen (secondary N) is 3. The van der Waals surface area contributed by atoms with Gasteiger partial charge in [-0.1, -0.05) is 34.6 Å². The highest BCUT2D eigenvalue weighted by Crippen LogP contribution is 1.89. The third kappa shape index (κ3) is 33.7. The molecule has 0 heterocycles. The van der Waals surface area contributed by atoms with Crippen LogP contribution in [0.3, 0.4) is 0 Å². The summed E-state index contributed by atoms with van der Waals surface area (Å²) in [5.74, 6) is 1.45. The average Bonchev–Trinajstić information content (AvgIpc) is 2.59. The first-order chi connectivity index (χ1) is 12.5. The van der Waals surface area contributed by atoms with E-state index in [1.807, 2.05) is 6.92 Å². The van der Waals surface area contributed by atoms with Crippen LogP contribution in [0.4, 0.5) is 0 Å². The van der Waals surface area contributed by atoms with Crippen LogP contribution in [0.5, 0.6) is 0 Å². The largest absolute Gasteiger partial charge is 0.329 e. The second-order valence-electron chi connectivity index (χ2n) is 8.58. The quantitative estimate of drug-likeness (QED) is 0.303. The molecule has 0 aliphatic carbocycles. The van der Waals surface area contributed by atoms with Gasteiger partial charge >= 0.3 is 0 Å². The topological polar surface area (TPSA) is 114 Å². The minimum absolute atomic E-state index is 0.281. The molecular formula is C21H54N6. The fourth-order valence-electron chi connectivity index (χ4n) is 1.79. The van der Waals surface area contributed by atoms with Gasteiger partial charge in [-0.05, 0) is 59.0 Å². The van der Waals surface area contributed by atoms with Crippen LogP contribution in [0, 0.1) is 11.8 Å². The van der Waals surface area contributed by atoms with Crippen LogP contribution in [0.1, 0.15) is 68.7 Å². The summed E-state index contributed by atoms with van der Waals surface area (Å²) >= 11 is 0. The number of rotatable bonds is 12. The van der Waals surface area contributed by atoms with E-state index in [-0.39, 0.29) is 6.04 Å². The van der Waals surface area contributed by atoms with E-state index in [4.69, 9.17) is 17.2 Å². The molecule has 168 valence electrons. The van der Waals surface area contributed by atoms with Gasteiger partial charge in [0.25, 0.3) is 0 Å². The van der Waals surface area contributed by atoms with Crippen molar-refractivity contribution in [2.75, 3.05) is 32.7 Å². The van der Waals surface area contributed by atoms with Crippen LogP contribution in [0.25, 0.3) is 0 Å². The zero-order chi connectivity index (χ0) is 21.8. The highest BCUT2D eigenvalue weighted by Gasteiger charge is 2.01. The maximum Gasteiger partial charge on any atom is 0.0164 e. The third-order valence-corrected chi connectivity index (χ3v) is 3.78. The average molecular weight is 391 g/mol. The lowest BCUT2D eigenvalue weighted by Crippen LogP contribution is -2.38. The minimum Gasteiger partial charge on any atom is -0.329 e. The Bertz CT molecular complexity index is 255. The predicted octanol–water partition coefficient (Wildman–Crippen LogP) is 1.88. The second kappa shape index (κ2) is 22.1. The Balaban J connectivity index is -0.000000320. The van der Waals surface area contributed by atoms with Crippen LogP contribution in [-0.2, 0) is 0 Å². The molecule has 0 aromatic carbocycles. The first-order valence-corrected chi connectivity index (χ1v) is 10.9. The van der Waals surface area contributed by atoms with E-state index in [0.717, 1.165) is 44.6 Å². The fourth-order valence-corrected chi connectivity index (χ4v) is 1.79. The van der Waals surface area contributed by atoms with Crippen LogP contribution in [0.2, 0.25) is 0 Å². The monoisotopic (exact) mass is 390 g/mol. The van der Waals surface area contributed by atoms with E-state index >= 15 is 0 Å². The molecule has 27 heavy (non-hydrogen) atoms. The molecule has 4 unspecified atom stereocenters. The van der Waals surface area contributed by atoms with Crippen molar-refractivity contribution in [1.82, 2.24) is 16.0 Å². The standard InChI is InChI=1S/3C7H18N2/c1-6(2)5-9-7(3)4-8;1-6(2)4-9-5-7(3)8;1-4-6(2)9-7(3)5-8/h3*6-7,9H,4-5,8H2,1-3H3. The first-order valence-electron chi connectivity index (χ1n) is 10.9. The summed E-state index contributed by atoms with van der Waals surface area (Å²) in [6.45, 7) is 23.8. The highest BCUT2D eigenvalue weighted by atomic mass is 15.0. The summed E-state index contributed by atoms with van der Waals surface area (Å²) < 4.78 is 0. The van der Waals surface area contributed by atoms with Crippen molar-refractivity contribution in [2.24, 2.45) is 29.0 Å². The molecule has 6 heteroatoms. The Labute approximate surface area is 171 Å². The van der Waals surface area contributed by atoms with E-state index in [1.165, 1.54) is 6.42 Å². The summed E-state index contributed by atoms with van der Waals surface area (Å²) in [5.41, 5.74) is 16.3. The molecular weight excluding hydrogens is 336 g/mol. The molecule has 0 aliphatic heterocycles. The summed E-state index contributed by atoms with van der Waals surface area (Å²) in [6.07, 6.45) is 1.17. The molecule has 9 N–H and O–H groups in total. The normalized spacial score (nSPS) is 15.3. The Morgan fingerprint density at radius 1 is 0.667 bits per heavy atom. The molecule has 0 radical (unpaired) electrons. The summed E-state index contributed by atoms with van der Waals surface area (Å²) in [6, 6.07) is 1.81. The van der Waals surface area contributed by atoms with Crippen molar-refractivity contribution < 1.29 is 0 Å². The lowest BCUT2D eigenvalue weighted by Gasteiger charge is -2.16. The Morgan fingerprint density at radius 3 is 1.48 bits per heavy atom. The molecule has 0 saturated heterocycles. The van der Waals surface area contributed by atoms with Crippen molar-refractivity contribution in [3.05, 3.63) is 0 Å². The van der Waals surface area contributed by atoms with Gasteiger partial charge in [0.05, 0.1) is 0 Å². The molecule has 0 amide bonds. The third-order valence-electron chi connectivity index (χ3n) is 3.78. The Morgan fingerprint density at radius 2 is 1.15 bits per heavy atom. The predicted molar refractivity (Wildman–Crippen MR) is 124 cm³/mol. The number of hydrogen-bond donors (Lipinski definition) is 6. The molecule has 0 aromatic heterocycles. The maximum atomic E-state index is 5.52. The van der Waals surface area contributed by atoms with Gasteiger partial charge in [0.2, 0.25) is 0 Å². The van der Waals surface area contributed by atoms with Crippen molar-refractivity contribution >= 4 is 0 Å². The van der Waals surface area contributed by atoms with Gasteiger partial charge < -0.3 is 33.2 Å². The molecule has 4 atom stereocenters. The Hall–Kier alpha value is -0.240. The van der Waals surface area contributed by atoms with Gasteiger partial charge in [-0.25, -0.2) is 0 Å². The summed E-state index contributed by atoms with van der Waals surface area (Å²) in [4.78, 5) is 0. The maximum absolute atomic E-state index is 5.52. The molecule has 6 nitrogen and oxygen atoms in total. The van der Waals surface area contributed by atoms with Gasteiger partial charge in [-0.15, -0.1) is 0 Å². The summed E-state index contributed by atoms with van der Waals surface area (Å²) in [7, 11) is 0. The molecule has 0 rings (SSSR count). The molecule has 0 aliphatic rings. The van der Waals surface area contributed by atoms with E-state index < -0.39 is 0 Å². The first kappa shape index (κ1) is 31.5. The van der Waals surface area contributed by atoms with E-state index in [2.05, 4.69) is 71.3 Å². The minimum atomic E-state index is 0.281. The summed E-state index contributed by atoms with van der Waals surface area (Å²) in [5, 5.41) is 9.92. The highest BCUT2D eigenvalue weighted by molar-refractivity contribution is 4.65. The van der Waals surface area contributed by atoms with Crippen LogP contribution >= 0.6 is 0 Å². The Kier molecular flexibility index (Phi) is 25.7. The molecule has 0 spiro atoms. The van der Waals surface area contributed by atoms with Gasteiger partial charge in [0.1, 0.15) is 0 Å². The number of nitrogens with two attached hydrogens (primary N) is 3. The van der Waals surface area contributed by atoms with Gasteiger partial charge in [0, 0.05) is 43.8 Å². The van der Waals surface area contributed by atoms with Crippen LogP contribution in [0.15, 0.2) is 0 Å². The zero-order valence-corrected chi connectivity index (χ0v) is 19.9. The van der Waals surface area contributed by atoms with Gasteiger partial charge in [0.15, 0.2) is 0 Å². The van der Waals surface area contributed by atoms with Crippen molar-refractivity contribution in [2.45, 2.75) is 92.9 Å². The van der Waals surface area contributed by atoms with Crippen molar-refractivity contribution in [1.29, 1.82) is 0 Å². The second-order valence-corrected chi connectivity index (χ2v) is 8.58. The smallest absolute Gasteiger partial charge is 0.0164 e. The molecule has 0 bridgehead atoms. The SMILES string of the molecule is CC(C)CNC(C)CN.CC(C)CNCC(C)N.CCC(C)NC(C)CN. The van der Waals surface area contributed by atoms with Gasteiger partial charge in [-0.2, -0.15) is 0 Å². The van der Waals surface area contributed by atoms with Crippen molar-refractivity contribution in [3.63, 3.8) is 0 Å². The van der Waals surface area contributed by atoms with Crippen LogP contribution in [-0.4, -0.2) is 56.9 Å². The fraction of sp³-hybridized carbons (Fsp3) is 1.00. The van der Waals surface area contributed by atoms with Crippen LogP contribution < -0.4 is 33.2 Å². The lowest BCUT2D eigenvalue weighted by molar-refractivity contribution is 0.463. The van der Waals surface area contributed by atoms with E-state index in [9.17, 15) is 0 Å². The molecule has 0 aromatic rings. The van der Waals surface area contributed by atoms with E-state index in [0.29, 0.717) is 18.1 Å². The lowest BCUT2D eigenvalue weighted by atomic mass is 10.2.